The van der Waals surface area contributed by atoms with Crippen LogP contribution in [0.15, 0.2) is 48.5 Å². The highest BCUT2D eigenvalue weighted by Gasteiger charge is 2.07. The van der Waals surface area contributed by atoms with Gasteiger partial charge in [-0.3, -0.25) is 4.79 Å². The first-order chi connectivity index (χ1) is 11.6. The Morgan fingerprint density at radius 3 is 2.54 bits per heavy atom. The summed E-state index contributed by atoms with van der Waals surface area (Å²) < 4.78 is 33.5. The zero-order valence-corrected chi connectivity index (χ0v) is 13.3. The Bertz CT molecular complexity index is 660. The van der Waals surface area contributed by atoms with Crippen molar-refractivity contribution in [3.8, 4) is 5.75 Å². The van der Waals surface area contributed by atoms with E-state index in [0.717, 1.165) is 11.1 Å². The number of hydrogen-bond donors (Lipinski definition) is 1. The Labute approximate surface area is 139 Å². The van der Waals surface area contributed by atoms with Crippen LogP contribution >= 0.6 is 0 Å². The topological polar surface area (TPSA) is 47.6 Å². The molecule has 1 amide bonds. The average Bonchev–Trinajstić information content (AvgIpc) is 2.56. The van der Waals surface area contributed by atoms with Crippen LogP contribution in [0, 0.1) is 0 Å². The molecule has 0 saturated carbocycles. The van der Waals surface area contributed by atoms with Crippen molar-refractivity contribution >= 4 is 5.91 Å². The van der Waals surface area contributed by atoms with Crippen LogP contribution in [0.3, 0.4) is 0 Å². The van der Waals surface area contributed by atoms with E-state index in [-0.39, 0.29) is 11.7 Å². The van der Waals surface area contributed by atoms with Gasteiger partial charge in [0.1, 0.15) is 5.75 Å². The molecule has 0 unspecified atom stereocenters. The molecule has 0 saturated heterocycles. The van der Waals surface area contributed by atoms with Crippen LogP contribution < -0.4 is 10.1 Å². The average molecular weight is 335 g/mol. The minimum Gasteiger partial charge on any atom is -0.435 e. The Morgan fingerprint density at radius 2 is 1.88 bits per heavy atom. The molecule has 0 atom stereocenters. The van der Waals surface area contributed by atoms with Gasteiger partial charge in [-0.25, -0.2) is 0 Å². The van der Waals surface area contributed by atoms with Crippen molar-refractivity contribution in [3.63, 3.8) is 0 Å². The molecule has 2 rings (SSSR count). The molecule has 2 aromatic carbocycles. The van der Waals surface area contributed by atoms with Gasteiger partial charge in [0.2, 0.25) is 0 Å². The van der Waals surface area contributed by atoms with Crippen molar-refractivity contribution in [1.82, 2.24) is 5.32 Å². The Hall–Kier alpha value is -2.47. The first-order valence-electron chi connectivity index (χ1n) is 7.48. The van der Waals surface area contributed by atoms with E-state index in [9.17, 15) is 13.6 Å². The molecule has 0 fully saturated rings. The van der Waals surface area contributed by atoms with Crippen molar-refractivity contribution in [2.45, 2.75) is 19.6 Å². The smallest absolute Gasteiger partial charge is 0.387 e. The zero-order chi connectivity index (χ0) is 17.4. The minimum absolute atomic E-state index is 0.118. The summed E-state index contributed by atoms with van der Waals surface area (Å²) in [6.07, 6.45) is 0.596. The molecule has 0 aliphatic carbocycles. The van der Waals surface area contributed by atoms with Gasteiger partial charge in [-0.1, -0.05) is 24.3 Å². The van der Waals surface area contributed by atoms with Crippen LogP contribution in [0.25, 0.3) is 0 Å². The van der Waals surface area contributed by atoms with Gasteiger partial charge in [0.05, 0.1) is 6.61 Å². The number of alkyl halides is 2. The SMILES string of the molecule is COCc1cccc(C(=O)NCCc2ccc(OC(F)F)cc2)c1. The third-order valence-corrected chi connectivity index (χ3v) is 3.35. The third-order valence-electron chi connectivity index (χ3n) is 3.35. The largest absolute Gasteiger partial charge is 0.435 e. The Kier molecular flexibility index (Phi) is 6.69. The van der Waals surface area contributed by atoms with Gasteiger partial charge < -0.3 is 14.8 Å². The fourth-order valence-electron chi connectivity index (χ4n) is 2.23. The lowest BCUT2D eigenvalue weighted by Gasteiger charge is -2.08. The van der Waals surface area contributed by atoms with E-state index in [1.807, 2.05) is 12.1 Å². The molecule has 2 aromatic rings. The van der Waals surface area contributed by atoms with Gasteiger partial charge in [0, 0.05) is 19.2 Å². The van der Waals surface area contributed by atoms with E-state index in [1.54, 1.807) is 31.4 Å². The van der Waals surface area contributed by atoms with Gasteiger partial charge in [-0.15, -0.1) is 0 Å². The van der Waals surface area contributed by atoms with Gasteiger partial charge in [0.25, 0.3) is 5.91 Å². The molecular formula is C18H19F2NO3. The quantitative estimate of drug-likeness (QED) is 0.804. The molecule has 24 heavy (non-hydrogen) atoms. The molecule has 4 nitrogen and oxygen atoms in total. The summed E-state index contributed by atoms with van der Waals surface area (Å²) in [4.78, 5) is 12.1. The number of nitrogens with one attached hydrogen (secondary N) is 1. The molecular weight excluding hydrogens is 316 g/mol. The monoisotopic (exact) mass is 335 g/mol. The van der Waals surface area contributed by atoms with Crippen LogP contribution in [0.2, 0.25) is 0 Å². The normalized spacial score (nSPS) is 10.7. The number of amides is 1. The van der Waals surface area contributed by atoms with Gasteiger partial charge in [-0.2, -0.15) is 8.78 Å². The summed E-state index contributed by atoms with van der Waals surface area (Å²) in [6, 6.07) is 13.6. The van der Waals surface area contributed by atoms with Gasteiger partial charge in [0.15, 0.2) is 0 Å². The summed E-state index contributed by atoms with van der Waals surface area (Å²) in [7, 11) is 1.60. The molecule has 0 aliphatic rings. The third kappa shape index (κ3) is 5.62. The molecule has 0 aromatic heterocycles. The number of methoxy groups -OCH3 is 1. The minimum atomic E-state index is -2.83. The summed E-state index contributed by atoms with van der Waals surface area (Å²) in [5.41, 5.74) is 2.43. The highest BCUT2D eigenvalue weighted by atomic mass is 19.3. The maximum atomic E-state index is 12.1. The maximum Gasteiger partial charge on any atom is 0.387 e. The van der Waals surface area contributed by atoms with Crippen LogP contribution in [-0.4, -0.2) is 26.2 Å². The number of halogens is 2. The van der Waals surface area contributed by atoms with E-state index in [4.69, 9.17) is 4.74 Å². The number of carbonyl (C=O) groups excluding carboxylic acids is 1. The van der Waals surface area contributed by atoms with Crippen molar-refractivity contribution in [2.75, 3.05) is 13.7 Å². The number of benzene rings is 2. The molecule has 0 spiro atoms. The molecule has 0 radical (unpaired) electrons. The zero-order valence-electron chi connectivity index (χ0n) is 13.3. The van der Waals surface area contributed by atoms with Crippen LogP contribution in [-0.2, 0) is 17.8 Å². The second-order valence-electron chi connectivity index (χ2n) is 5.16. The fraction of sp³-hybridized carbons (Fsp3) is 0.278. The van der Waals surface area contributed by atoms with Crippen molar-refractivity contribution in [1.29, 1.82) is 0 Å². The number of rotatable bonds is 8. The molecule has 0 aliphatic heterocycles. The second kappa shape index (κ2) is 8.98. The predicted octanol–water partition coefficient (Wildman–Crippen LogP) is 3.41. The molecule has 128 valence electrons. The summed E-state index contributed by atoms with van der Waals surface area (Å²) in [6.45, 7) is -1.93. The highest BCUT2D eigenvalue weighted by molar-refractivity contribution is 5.94. The van der Waals surface area contributed by atoms with E-state index in [2.05, 4.69) is 10.1 Å². The van der Waals surface area contributed by atoms with E-state index in [1.165, 1.54) is 12.1 Å². The summed E-state index contributed by atoms with van der Waals surface area (Å²) in [5, 5.41) is 2.83. The Balaban J connectivity index is 1.83. The van der Waals surface area contributed by atoms with Crippen LogP contribution in [0.4, 0.5) is 8.78 Å². The molecule has 0 heterocycles. The highest BCUT2D eigenvalue weighted by Crippen LogP contribution is 2.15. The molecule has 6 heteroatoms. The molecule has 1 N–H and O–H groups in total. The van der Waals surface area contributed by atoms with Crippen molar-refractivity contribution in [2.24, 2.45) is 0 Å². The lowest BCUT2D eigenvalue weighted by atomic mass is 10.1. The van der Waals surface area contributed by atoms with Crippen LogP contribution in [0.5, 0.6) is 5.75 Å². The first-order valence-corrected chi connectivity index (χ1v) is 7.48. The molecule has 0 bridgehead atoms. The summed E-state index contributed by atoms with van der Waals surface area (Å²) in [5.74, 6) is -0.0432. The number of hydrogen-bond acceptors (Lipinski definition) is 3. The first kappa shape index (κ1) is 17.9. The lowest BCUT2D eigenvalue weighted by Crippen LogP contribution is -2.25. The fourth-order valence-corrected chi connectivity index (χ4v) is 2.23. The second-order valence-corrected chi connectivity index (χ2v) is 5.16. The van der Waals surface area contributed by atoms with Crippen molar-refractivity contribution < 1.29 is 23.0 Å². The summed E-state index contributed by atoms with van der Waals surface area (Å²) >= 11 is 0. The predicted molar refractivity (Wildman–Crippen MR) is 86.3 cm³/mol. The lowest BCUT2D eigenvalue weighted by molar-refractivity contribution is -0.0498. The van der Waals surface area contributed by atoms with E-state index >= 15 is 0 Å². The van der Waals surface area contributed by atoms with E-state index < -0.39 is 6.61 Å². The van der Waals surface area contributed by atoms with Gasteiger partial charge in [-0.05, 0) is 41.8 Å². The van der Waals surface area contributed by atoms with Crippen molar-refractivity contribution in [3.05, 3.63) is 65.2 Å². The van der Waals surface area contributed by atoms with Crippen LogP contribution in [0.1, 0.15) is 21.5 Å². The van der Waals surface area contributed by atoms with E-state index in [0.29, 0.717) is 25.1 Å². The maximum absolute atomic E-state index is 12.1. The standard InChI is InChI=1S/C18H19F2NO3/c1-23-12-14-3-2-4-15(11-14)17(22)21-10-9-13-5-7-16(8-6-13)24-18(19)20/h2-8,11,18H,9-10,12H2,1H3,(H,21,22). The Morgan fingerprint density at radius 1 is 1.12 bits per heavy atom. The number of ether oxygens (including phenoxy) is 2. The van der Waals surface area contributed by atoms with Gasteiger partial charge >= 0.3 is 6.61 Å². The number of carbonyl (C=O) groups is 1.